The van der Waals surface area contributed by atoms with Gasteiger partial charge in [-0.25, -0.2) is 9.97 Å². The number of nitrogens with zero attached hydrogens (tertiary/aromatic N) is 4. The van der Waals surface area contributed by atoms with Gasteiger partial charge < -0.3 is 10.6 Å². The van der Waals surface area contributed by atoms with Gasteiger partial charge in [0.25, 0.3) is 0 Å². The summed E-state index contributed by atoms with van der Waals surface area (Å²) in [7, 11) is 0. The van der Waals surface area contributed by atoms with Crippen LogP contribution in [0.25, 0.3) is 5.57 Å². The number of nitrogen functional groups attached to an aromatic ring is 1. The standard InChI is InChI=1S/C14H11N5/c15-8-11-9-17-14(18-13(11)16)10-4-6-19-5-2-1-3-12(19)7-10/h2-7,9H,1H2,(H2,16,17,18). The summed E-state index contributed by atoms with van der Waals surface area (Å²) in [5.41, 5.74) is 7.98. The molecule has 2 N–H and O–H groups in total. The molecule has 0 fully saturated rings. The van der Waals surface area contributed by atoms with E-state index in [1.807, 2.05) is 35.5 Å². The van der Waals surface area contributed by atoms with Gasteiger partial charge >= 0.3 is 0 Å². The van der Waals surface area contributed by atoms with Crippen molar-refractivity contribution >= 4 is 11.4 Å². The molecular formula is C14H11N5. The largest absolute Gasteiger partial charge is 0.382 e. The highest BCUT2D eigenvalue weighted by Crippen LogP contribution is 2.26. The zero-order chi connectivity index (χ0) is 13.2. The molecule has 0 unspecified atom stereocenters. The van der Waals surface area contributed by atoms with E-state index in [1.165, 1.54) is 6.20 Å². The Balaban J connectivity index is 1.98. The third-order valence-electron chi connectivity index (χ3n) is 2.94. The smallest absolute Gasteiger partial charge is 0.161 e. The number of fused-ring (bicyclic) bond motifs is 1. The van der Waals surface area contributed by atoms with Gasteiger partial charge in [0.2, 0.25) is 0 Å². The monoisotopic (exact) mass is 249 g/mol. The first-order chi connectivity index (χ1) is 9.28. The minimum absolute atomic E-state index is 0.210. The number of nitrogens with two attached hydrogens (primary N) is 1. The average Bonchev–Trinajstić information content (AvgIpc) is 2.46. The fourth-order valence-corrected chi connectivity index (χ4v) is 1.95. The van der Waals surface area contributed by atoms with Crippen LogP contribution in [0.1, 0.15) is 17.8 Å². The molecule has 0 aromatic carbocycles. The lowest BCUT2D eigenvalue weighted by Crippen LogP contribution is -2.13. The Kier molecular flexibility index (Phi) is 2.62. The van der Waals surface area contributed by atoms with Crippen molar-refractivity contribution in [2.75, 3.05) is 5.73 Å². The topological polar surface area (TPSA) is 78.8 Å². The molecule has 0 amide bonds. The molecule has 0 aliphatic carbocycles. The fourth-order valence-electron chi connectivity index (χ4n) is 1.95. The second-order valence-corrected chi connectivity index (χ2v) is 4.18. The van der Waals surface area contributed by atoms with E-state index in [9.17, 15) is 0 Å². The molecule has 1 aromatic rings. The van der Waals surface area contributed by atoms with Gasteiger partial charge in [-0.05, 0) is 18.6 Å². The lowest BCUT2D eigenvalue weighted by molar-refractivity contribution is 0.630. The summed E-state index contributed by atoms with van der Waals surface area (Å²) in [5, 5.41) is 8.81. The van der Waals surface area contributed by atoms with Crippen LogP contribution < -0.4 is 5.73 Å². The highest BCUT2D eigenvalue weighted by Gasteiger charge is 2.14. The number of aromatic nitrogens is 2. The van der Waals surface area contributed by atoms with Gasteiger partial charge in [0.15, 0.2) is 5.82 Å². The van der Waals surface area contributed by atoms with E-state index in [2.05, 4.69) is 22.1 Å². The first-order valence-electron chi connectivity index (χ1n) is 5.86. The van der Waals surface area contributed by atoms with Gasteiger partial charge in [-0.2, -0.15) is 5.26 Å². The molecule has 5 nitrogen and oxygen atoms in total. The van der Waals surface area contributed by atoms with Gasteiger partial charge in [-0.15, -0.1) is 0 Å². The highest BCUT2D eigenvalue weighted by molar-refractivity contribution is 5.74. The van der Waals surface area contributed by atoms with Crippen LogP contribution in [-0.4, -0.2) is 14.9 Å². The van der Waals surface area contributed by atoms with E-state index in [1.54, 1.807) is 0 Å². The maximum atomic E-state index is 8.81. The van der Waals surface area contributed by atoms with Gasteiger partial charge in [0.05, 0.1) is 6.20 Å². The first kappa shape index (κ1) is 11.2. The Morgan fingerprint density at radius 3 is 3.05 bits per heavy atom. The highest BCUT2D eigenvalue weighted by atomic mass is 15.1. The molecule has 5 heteroatoms. The van der Waals surface area contributed by atoms with E-state index in [0.717, 1.165) is 17.7 Å². The zero-order valence-corrected chi connectivity index (χ0v) is 10.1. The molecule has 3 heterocycles. The molecule has 2 aliphatic rings. The van der Waals surface area contributed by atoms with Crippen LogP contribution in [0.2, 0.25) is 0 Å². The van der Waals surface area contributed by atoms with Gasteiger partial charge in [-0.1, -0.05) is 12.2 Å². The molecule has 0 saturated carbocycles. The second kappa shape index (κ2) is 4.42. The van der Waals surface area contributed by atoms with Gasteiger partial charge in [-0.3, -0.25) is 0 Å². The van der Waals surface area contributed by atoms with Crippen molar-refractivity contribution in [3.05, 3.63) is 60.0 Å². The van der Waals surface area contributed by atoms with Crippen molar-refractivity contribution in [3.63, 3.8) is 0 Å². The van der Waals surface area contributed by atoms with E-state index in [0.29, 0.717) is 11.4 Å². The van der Waals surface area contributed by atoms with E-state index in [-0.39, 0.29) is 5.82 Å². The van der Waals surface area contributed by atoms with Crippen LogP contribution in [0.3, 0.4) is 0 Å². The average molecular weight is 249 g/mol. The third kappa shape index (κ3) is 2.00. The van der Waals surface area contributed by atoms with Crippen LogP contribution in [0, 0.1) is 11.3 Å². The molecule has 3 rings (SSSR count). The number of hydrogen-bond donors (Lipinski definition) is 1. The Morgan fingerprint density at radius 1 is 1.37 bits per heavy atom. The third-order valence-corrected chi connectivity index (χ3v) is 2.94. The number of nitriles is 1. The summed E-state index contributed by atoms with van der Waals surface area (Å²) in [5.74, 6) is 0.740. The summed E-state index contributed by atoms with van der Waals surface area (Å²) in [6.45, 7) is 0. The fraction of sp³-hybridized carbons (Fsp3) is 0.0714. The Bertz CT molecular complexity index is 688. The Hall–Kier alpha value is -2.87. The van der Waals surface area contributed by atoms with Crippen molar-refractivity contribution in [1.82, 2.24) is 14.9 Å². The molecule has 2 aliphatic heterocycles. The van der Waals surface area contributed by atoms with Crippen molar-refractivity contribution in [1.29, 1.82) is 5.26 Å². The van der Waals surface area contributed by atoms with Crippen molar-refractivity contribution < 1.29 is 0 Å². The van der Waals surface area contributed by atoms with Crippen LogP contribution >= 0.6 is 0 Å². The minimum Gasteiger partial charge on any atom is -0.382 e. The zero-order valence-electron chi connectivity index (χ0n) is 10.1. The first-order valence-corrected chi connectivity index (χ1v) is 5.86. The van der Waals surface area contributed by atoms with Crippen molar-refractivity contribution in [2.24, 2.45) is 0 Å². The number of allylic oxidation sites excluding steroid dienone is 5. The van der Waals surface area contributed by atoms with Crippen LogP contribution in [0.15, 0.2) is 48.6 Å². The SMILES string of the molecule is N#Cc1cnc(C2=CC3=CCC=CN3C=C2)nc1N. The molecule has 0 radical (unpaired) electrons. The predicted octanol–water partition coefficient (Wildman–Crippen LogP) is 1.94. The molecular weight excluding hydrogens is 238 g/mol. The molecule has 0 atom stereocenters. The molecule has 1 aromatic heterocycles. The molecule has 92 valence electrons. The molecule has 0 spiro atoms. The lowest BCUT2D eigenvalue weighted by atomic mass is 10.1. The predicted molar refractivity (Wildman–Crippen MR) is 72.0 cm³/mol. The summed E-state index contributed by atoms with van der Waals surface area (Å²) in [4.78, 5) is 10.4. The number of rotatable bonds is 1. The summed E-state index contributed by atoms with van der Waals surface area (Å²) in [6.07, 6.45) is 14.5. The van der Waals surface area contributed by atoms with Crippen molar-refractivity contribution in [3.8, 4) is 6.07 Å². The number of anilines is 1. The molecule has 19 heavy (non-hydrogen) atoms. The lowest BCUT2D eigenvalue weighted by Gasteiger charge is -2.23. The van der Waals surface area contributed by atoms with Gasteiger partial charge in [0, 0.05) is 23.7 Å². The minimum atomic E-state index is 0.210. The Labute approximate surface area is 110 Å². The van der Waals surface area contributed by atoms with E-state index >= 15 is 0 Å². The summed E-state index contributed by atoms with van der Waals surface area (Å²) in [6, 6.07) is 1.95. The van der Waals surface area contributed by atoms with E-state index < -0.39 is 0 Å². The van der Waals surface area contributed by atoms with Gasteiger partial charge in [0.1, 0.15) is 17.5 Å². The quantitative estimate of drug-likeness (QED) is 0.822. The molecule has 0 saturated heterocycles. The van der Waals surface area contributed by atoms with Crippen molar-refractivity contribution in [2.45, 2.75) is 6.42 Å². The molecule has 0 bridgehead atoms. The van der Waals surface area contributed by atoms with Crippen LogP contribution in [-0.2, 0) is 0 Å². The normalized spacial score (nSPS) is 16.5. The second-order valence-electron chi connectivity index (χ2n) is 4.18. The Morgan fingerprint density at radius 2 is 2.26 bits per heavy atom. The summed E-state index contributed by atoms with van der Waals surface area (Å²) < 4.78 is 0. The number of hydrogen-bond acceptors (Lipinski definition) is 5. The van der Waals surface area contributed by atoms with Crippen LogP contribution in [0.5, 0.6) is 0 Å². The maximum Gasteiger partial charge on any atom is 0.161 e. The summed E-state index contributed by atoms with van der Waals surface area (Å²) >= 11 is 0. The maximum absolute atomic E-state index is 8.81. The van der Waals surface area contributed by atoms with E-state index in [4.69, 9.17) is 11.0 Å². The van der Waals surface area contributed by atoms with Crippen LogP contribution in [0.4, 0.5) is 5.82 Å².